The van der Waals surface area contributed by atoms with Crippen LogP contribution in [0.3, 0.4) is 0 Å². The molecule has 2 rings (SSSR count). The van der Waals surface area contributed by atoms with Crippen molar-refractivity contribution in [2.75, 3.05) is 5.32 Å². The van der Waals surface area contributed by atoms with Crippen molar-refractivity contribution in [3.8, 4) is 6.07 Å². The van der Waals surface area contributed by atoms with Crippen LogP contribution in [0.2, 0.25) is 5.02 Å². The largest absolute Gasteiger partial charge is 0.377 e. The Labute approximate surface area is 137 Å². The molecule has 1 atom stereocenters. The second-order valence-electron chi connectivity index (χ2n) is 4.46. The van der Waals surface area contributed by atoms with E-state index in [2.05, 4.69) is 59.1 Å². The lowest BCUT2D eigenvalue weighted by molar-refractivity contribution is 0.748. The zero-order chi connectivity index (χ0) is 14.5. The van der Waals surface area contributed by atoms with Crippen LogP contribution in [0.4, 0.5) is 5.69 Å². The maximum atomic E-state index is 9.18. The van der Waals surface area contributed by atoms with Crippen molar-refractivity contribution in [3.63, 3.8) is 0 Å². The summed E-state index contributed by atoms with van der Waals surface area (Å²) < 4.78 is 1.20. The van der Waals surface area contributed by atoms with Gasteiger partial charge in [0, 0.05) is 8.59 Å². The van der Waals surface area contributed by atoms with E-state index >= 15 is 0 Å². The van der Waals surface area contributed by atoms with Crippen molar-refractivity contribution in [2.24, 2.45) is 0 Å². The molecule has 0 spiro atoms. The Kier molecular flexibility index (Phi) is 5.27. The van der Waals surface area contributed by atoms with Crippen LogP contribution < -0.4 is 5.32 Å². The SMILES string of the molecule is CCC(Nc1cc(Cl)ccc1C#N)c1cccc(I)c1. The third-order valence-electron chi connectivity index (χ3n) is 3.09. The van der Waals surface area contributed by atoms with E-state index in [9.17, 15) is 5.26 Å². The fourth-order valence-corrected chi connectivity index (χ4v) is 2.80. The van der Waals surface area contributed by atoms with E-state index in [-0.39, 0.29) is 6.04 Å². The summed E-state index contributed by atoms with van der Waals surface area (Å²) in [6.45, 7) is 2.12. The van der Waals surface area contributed by atoms with E-state index in [1.54, 1.807) is 18.2 Å². The van der Waals surface area contributed by atoms with E-state index in [1.165, 1.54) is 9.13 Å². The summed E-state index contributed by atoms with van der Waals surface area (Å²) in [6.07, 6.45) is 0.928. The maximum absolute atomic E-state index is 9.18. The smallest absolute Gasteiger partial charge is 0.101 e. The second kappa shape index (κ2) is 6.96. The molecule has 20 heavy (non-hydrogen) atoms. The standard InChI is InChI=1S/C16H14ClIN2/c1-2-15(11-4-3-5-14(18)8-11)20-16-9-13(17)7-6-12(16)10-19/h3-9,15,20H,2H2,1H3. The maximum Gasteiger partial charge on any atom is 0.101 e. The molecule has 0 aliphatic heterocycles. The van der Waals surface area contributed by atoms with Crippen LogP contribution in [0.1, 0.15) is 30.5 Å². The summed E-state index contributed by atoms with van der Waals surface area (Å²) in [4.78, 5) is 0. The van der Waals surface area contributed by atoms with Crippen molar-refractivity contribution in [2.45, 2.75) is 19.4 Å². The minimum atomic E-state index is 0.162. The van der Waals surface area contributed by atoms with Crippen LogP contribution in [-0.4, -0.2) is 0 Å². The van der Waals surface area contributed by atoms with Gasteiger partial charge in [0.1, 0.15) is 6.07 Å². The zero-order valence-corrected chi connectivity index (χ0v) is 13.9. The van der Waals surface area contributed by atoms with Gasteiger partial charge in [-0.15, -0.1) is 0 Å². The minimum Gasteiger partial charge on any atom is -0.377 e. The Bertz CT molecular complexity index is 649. The molecule has 4 heteroatoms. The van der Waals surface area contributed by atoms with Crippen molar-refractivity contribution in [1.29, 1.82) is 5.26 Å². The van der Waals surface area contributed by atoms with Crippen molar-refractivity contribution >= 4 is 39.9 Å². The molecule has 0 aliphatic carbocycles. The first-order valence-electron chi connectivity index (χ1n) is 6.35. The summed E-state index contributed by atoms with van der Waals surface area (Å²) >= 11 is 8.33. The molecule has 1 N–H and O–H groups in total. The molecule has 102 valence electrons. The number of halogens is 2. The van der Waals surface area contributed by atoms with Crippen LogP contribution >= 0.6 is 34.2 Å². The first-order valence-corrected chi connectivity index (χ1v) is 7.81. The van der Waals surface area contributed by atoms with Gasteiger partial charge >= 0.3 is 0 Å². The third kappa shape index (κ3) is 3.65. The third-order valence-corrected chi connectivity index (χ3v) is 4.00. The number of nitrogens with zero attached hydrogens (tertiary/aromatic N) is 1. The molecular weight excluding hydrogens is 383 g/mol. The summed E-state index contributed by atoms with van der Waals surface area (Å²) in [6, 6.07) is 16.0. The highest BCUT2D eigenvalue weighted by molar-refractivity contribution is 14.1. The fraction of sp³-hybridized carbons (Fsp3) is 0.188. The summed E-state index contributed by atoms with van der Waals surface area (Å²) in [5.74, 6) is 0. The molecule has 0 bridgehead atoms. The quantitative estimate of drug-likeness (QED) is 0.704. The average Bonchev–Trinajstić information content (AvgIpc) is 2.45. The highest BCUT2D eigenvalue weighted by Gasteiger charge is 2.12. The number of nitriles is 1. The number of hydrogen-bond acceptors (Lipinski definition) is 2. The van der Waals surface area contributed by atoms with Crippen LogP contribution in [-0.2, 0) is 0 Å². The molecule has 0 radical (unpaired) electrons. The second-order valence-corrected chi connectivity index (χ2v) is 6.14. The number of anilines is 1. The monoisotopic (exact) mass is 396 g/mol. The van der Waals surface area contributed by atoms with Crippen LogP contribution in [0.15, 0.2) is 42.5 Å². The number of hydrogen-bond donors (Lipinski definition) is 1. The van der Waals surface area contributed by atoms with Gasteiger partial charge in [-0.2, -0.15) is 5.26 Å². The van der Waals surface area contributed by atoms with Gasteiger partial charge in [0.2, 0.25) is 0 Å². The molecule has 0 saturated heterocycles. The minimum absolute atomic E-state index is 0.162. The molecule has 2 aromatic rings. The Balaban J connectivity index is 2.31. The Morgan fingerprint density at radius 1 is 1.30 bits per heavy atom. The molecule has 0 saturated carbocycles. The van der Waals surface area contributed by atoms with Gasteiger partial charge in [-0.05, 0) is 64.9 Å². The number of benzene rings is 2. The lowest BCUT2D eigenvalue weighted by Crippen LogP contribution is -2.10. The van der Waals surface area contributed by atoms with Gasteiger partial charge in [-0.1, -0.05) is 30.7 Å². The fourth-order valence-electron chi connectivity index (χ4n) is 2.07. The van der Waals surface area contributed by atoms with Gasteiger partial charge in [0.15, 0.2) is 0 Å². The summed E-state index contributed by atoms with van der Waals surface area (Å²) in [5.41, 5.74) is 2.60. The predicted molar refractivity (Wildman–Crippen MR) is 92.0 cm³/mol. The van der Waals surface area contributed by atoms with Gasteiger partial charge in [-0.25, -0.2) is 0 Å². The number of rotatable bonds is 4. The molecule has 0 aliphatic rings. The van der Waals surface area contributed by atoms with Crippen LogP contribution in [0.5, 0.6) is 0 Å². The van der Waals surface area contributed by atoms with Crippen molar-refractivity contribution in [3.05, 3.63) is 62.2 Å². The topological polar surface area (TPSA) is 35.8 Å². The van der Waals surface area contributed by atoms with Gasteiger partial charge in [0.05, 0.1) is 17.3 Å². The molecule has 0 aromatic heterocycles. The lowest BCUT2D eigenvalue weighted by atomic mass is 10.0. The molecule has 0 fully saturated rings. The molecule has 0 amide bonds. The first-order chi connectivity index (χ1) is 9.63. The van der Waals surface area contributed by atoms with E-state index in [4.69, 9.17) is 11.6 Å². The molecule has 2 nitrogen and oxygen atoms in total. The van der Waals surface area contributed by atoms with Crippen molar-refractivity contribution < 1.29 is 0 Å². The predicted octanol–water partition coefficient (Wildman–Crippen LogP) is 5.38. The summed E-state index contributed by atoms with van der Waals surface area (Å²) in [7, 11) is 0. The van der Waals surface area contributed by atoms with E-state index in [0.717, 1.165) is 12.1 Å². The Morgan fingerprint density at radius 2 is 2.10 bits per heavy atom. The Hall–Kier alpha value is -1.25. The zero-order valence-electron chi connectivity index (χ0n) is 11.0. The average molecular weight is 397 g/mol. The highest BCUT2D eigenvalue weighted by atomic mass is 127. The first kappa shape index (κ1) is 15.1. The van der Waals surface area contributed by atoms with E-state index in [0.29, 0.717) is 10.6 Å². The van der Waals surface area contributed by atoms with Gasteiger partial charge in [-0.3, -0.25) is 0 Å². The molecular formula is C16H14ClIN2. The summed E-state index contributed by atoms with van der Waals surface area (Å²) in [5, 5.41) is 13.2. The normalized spacial score (nSPS) is 11.7. The van der Waals surface area contributed by atoms with Gasteiger partial charge in [0.25, 0.3) is 0 Å². The Morgan fingerprint density at radius 3 is 2.75 bits per heavy atom. The van der Waals surface area contributed by atoms with Crippen LogP contribution in [0.25, 0.3) is 0 Å². The van der Waals surface area contributed by atoms with E-state index in [1.807, 2.05) is 6.07 Å². The van der Waals surface area contributed by atoms with Gasteiger partial charge < -0.3 is 5.32 Å². The van der Waals surface area contributed by atoms with Crippen LogP contribution in [0, 0.1) is 14.9 Å². The lowest BCUT2D eigenvalue weighted by Gasteiger charge is -2.20. The van der Waals surface area contributed by atoms with E-state index < -0.39 is 0 Å². The molecule has 1 unspecified atom stereocenters. The number of nitrogens with one attached hydrogen (secondary N) is 1. The highest BCUT2D eigenvalue weighted by Crippen LogP contribution is 2.27. The molecule has 2 aromatic carbocycles. The molecule has 0 heterocycles. The van der Waals surface area contributed by atoms with Crippen molar-refractivity contribution in [1.82, 2.24) is 0 Å².